The Kier molecular flexibility index (Phi) is 14.7. The van der Waals surface area contributed by atoms with Crippen LogP contribution < -0.4 is 98.9 Å². The summed E-state index contributed by atoms with van der Waals surface area (Å²) in [5, 5.41) is 41.3. The fraction of sp³-hybridized carbons (Fsp3) is 0. The van der Waals surface area contributed by atoms with E-state index in [9.17, 15) is 49.1 Å². The molecule has 0 bridgehead atoms. The zero-order valence-corrected chi connectivity index (χ0v) is 36.3. The Labute approximate surface area is 369 Å². The fourth-order valence-corrected chi connectivity index (χ4v) is 6.89. The van der Waals surface area contributed by atoms with Crippen molar-refractivity contribution in [3.63, 3.8) is 0 Å². The molecular formula is C32H19N4Na3O11S3. The quantitative estimate of drug-likeness (QED) is 0.0893. The average Bonchev–Trinajstić information content (AvgIpc) is 3.06. The molecule has 53 heavy (non-hydrogen) atoms. The zero-order valence-electron chi connectivity index (χ0n) is 27.9. The van der Waals surface area contributed by atoms with E-state index in [1.54, 1.807) is 42.5 Å². The van der Waals surface area contributed by atoms with Crippen LogP contribution in [-0.2, 0) is 30.4 Å². The Morgan fingerprint density at radius 3 is 1.53 bits per heavy atom. The monoisotopic (exact) mass is 800 g/mol. The second kappa shape index (κ2) is 17.4. The molecule has 0 aliphatic rings. The van der Waals surface area contributed by atoms with Gasteiger partial charge in [-0.05, 0) is 75.8 Å². The van der Waals surface area contributed by atoms with Gasteiger partial charge in [-0.2, -0.15) is 32.2 Å². The summed E-state index contributed by atoms with van der Waals surface area (Å²) < 4.78 is 102. The first-order valence-corrected chi connectivity index (χ1v) is 18.2. The molecule has 0 amide bonds. The first-order chi connectivity index (χ1) is 23.5. The minimum atomic E-state index is -5.03. The third-order valence-electron chi connectivity index (χ3n) is 7.39. The Bertz CT molecular complexity index is 2750. The van der Waals surface area contributed by atoms with Gasteiger partial charge in [0.2, 0.25) is 0 Å². The van der Waals surface area contributed by atoms with Crippen molar-refractivity contribution in [1.29, 1.82) is 0 Å². The number of fused-ring (bicyclic) bond motifs is 2. The summed E-state index contributed by atoms with van der Waals surface area (Å²) in [4.78, 5) is -2.10. The maximum atomic E-state index is 13.1. The molecule has 0 fully saturated rings. The van der Waals surface area contributed by atoms with Gasteiger partial charge in [-0.3, -0.25) is 9.11 Å². The zero-order chi connectivity index (χ0) is 36.0. The van der Waals surface area contributed by atoms with E-state index < -0.39 is 62.2 Å². The van der Waals surface area contributed by atoms with Gasteiger partial charge in [-0.25, -0.2) is 8.42 Å². The van der Waals surface area contributed by atoms with Crippen molar-refractivity contribution in [2.45, 2.75) is 14.7 Å². The number of nitrogens with zero attached hydrogens (tertiary/aromatic N) is 4. The SMILES string of the molecule is O=S(=O)([O-])c1ccc2c([O-])c(N=Nc3ccc(-c4ccc(N=Nc5cc(S(=O)(=O)O)c6ccccc6c5[O-])cc4)cc3)c(S(=O)(=O)O)cc2c1.[Na+].[Na+].[Na+]. The van der Waals surface area contributed by atoms with Crippen LogP contribution in [-0.4, -0.2) is 38.9 Å². The molecular weight excluding hydrogens is 782 g/mol. The number of benzene rings is 6. The van der Waals surface area contributed by atoms with E-state index in [1.165, 1.54) is 30.3 Å². The Morgan fingerprint density at radius 2 is 1.02 bits per heavy atom. The molecule has 0 saturated carbocycles. The third-order valence-corrected chi connectivity index (χ3v) is 9.98. The van der Waals surface area contributed by atoms with Crippen LogP contribution in [0.3, 0.4) is 0 Å². The van der Waals surface area contributed by atoms with E-state index in [-0.39, 0.29) is 122 Å². The molecule has 6 aromatic carbocycles. The minimum Gasteiger partial charge on any atom is -0.871 e. The molecule has 0 unspecified atom stereocenters. The van der Waals surface area contributed by atoms with Crippen LogP contribution in [0.4, 0.5) is 22.7 Å². The van der Waals surface area contributed by atoms with Crippen LogP contribution in [0.1, 0.15) is 0 Å². The van der Waals surface area contributed by atoms with Gasteiger partial charge in [0.05, 0.1) is 27.6 Å². The molecule has 6 aromatic rings. The van der Waals surface area contributed by atoms with Gasteiger partial charge in [0.25, 0.3) is 20.2 Å². The summed E-state index contributed by atoms with van der Waals surface area (Å²) in [6, 6.07) is 23.3. The van der Waals surface area contributed by atoms with Gasteiger partial charge in [0.15, 0.2) is 0 Å². The maximum Gasteiger partial charge on any atom is 1.00 e. The molecule has 21 heteroatoms. The maximum absolute atomic E-state index is 13.1. The summed E-state index contributed by atoms with van der Waals surface area (Å²) >= 11 is 0. The predicted molar refractivity (Wildman–Crippen MR) is 175 cm³/mol. The molecule has 0 radical (unpaired) electrons. The number of rotatable bonds is 8. The van der Waals surface area contributed by atoms with Crippen LogP contribution in [0.2, 0.25) is 0 Å². The summed E-state index contributed by atoms with van der Waals surface area (Å²) in [5.41, 5.74) is 0.907. The van der Waals surface area contributed by atoms with E-state index >= 15 is 0 Å². The van der Waals surface area contributed by atoms with Crippen LogP contribution in [0, 0.1) is 0 Å². The average molecular weight is 801 g/mol. The van der Waals surface area contributed by atoms with Crippen LogP contribution in [0.15, 0.2) is 138 Å². The minimum absolute atomic E-state index is 0. The van der Waals surface area contributed by atoms with Crippen molar-refractivity contribution in [1.82, 2.24) is 0 Å². The van der Waals surface area contributed by atoms with Crippen molar-refractivity contribution >= 4 is 74.6 Å². The first-order valence-electron chi connectivity index (χ1n) is 14.0. The van der Waals surface area contributed by atoms with Crippen LogP contribution in [0.5, 0.6) is 11.5 Å². The molecule has 6 rings (SSSR count). The van der Waals surface area contributed by atoms with Crippen LogP contribution in [0.25, 0.3) is 32.7 Å². The molecule has 15 nitrogen and oxygen atoms in total. The van der Waals surface area contributed by atoms with Gasteiger partial charge < -0.3 is 14.8 Å². The van der Waals surface area contributed by atoms with Gasteiger partial charge in [-0.1, -0.05) is 66.1 Å². The van der Waals surface area contributed by atoms with Gasteiger partial charge in [-0.15, -0.1) is 5.11 Å². The van der Waals surface area contributed by atoms with Crippen LogP contribution >= 0.6 is 0 Å². The normalized spacial score (nSPS) is 12.1. The predicted octanol–water partition coefficient (Wildman–Crippen LogP) is -2.95. The van der Waals surface area contributed by atoms with Crippen molar-refractivity contribution in [2.24, 2.45) is 20.5 Å². The molecule has 0 aliphatic carbocycles. The molecule has 0 heterocycles. The van der Waals surface area contributed by atoms with Crippen molar-refractivity contribution in [3.05, 3.63) is 103 Å². The summed E-state index contributed by atoms with van der Waals surface area (Å²) in [6.07, 6.45) is 0. The molecule has 0 aromatic heterocycles. The van der Waals surface area contributed by atoms with E-state index in [2.05, 4.69) is 20.5 Å². The summed E-state index contributed by atoms with van der Waals surface area (Å²) in [7, 11) is -14.6. The largest absolute Gasteiger partial charge is 1.00 e. The Hall–Kier alpha value is -2.63. The molecule has 0 aliphatic heterocycles. The number of hydrogen-bond donors (Lipinski definition) is 2. The van der Waals surface area contributed by atoms with E-state index in [0.29, 0.717) is 16.8 Å². The topological polar surface area (TPSA) is 261 Å². The standard InChI is InChI=1S/C32H22N4O11S3.3Na/c37-31-26-4-2-1-3-25(26)28(49(42,43)44)17-27(31)35-33-21-9-5-18(6-10-21)19-7-11-22(12-8-19)34-36-30-29(50(45,46)47)16-20-15-23(48(39,40)41)13-14-24(20)32(30)38;;;/h1-17,37-38H,(H,39,40,41)(H,42,43,44)(H,45,46,47);;;/q;3*+1/p-3. The van der Waals surface area contributed by atoms with Gasteiger partial charge in [0.1, 0.15) is 19.9 Å². The van der Waals surface area contributed by atoms with E-state index in [0.717, 1.165) is 30.3 Å². The van der Waals surface area contributed by atoms with Gasteiger partial charge >= 0.3 is 88.7 Å². The second-order valence-electron chi connectivity index (χ2n) is 10.6. The second-order valence-corrected chi connectivity index (χ2v) is 14.8. The van der Waals surface area contributed by atoms with E-state index in [4.69, 9.17) is 0 Å². The summed E-state index contributed by atoms with van der Waals surface area (Å²) in [6.45, 7) is 0. The smallest absolute Gasteiger partial charge is 0.871 e. The van der Waals surface area contributed by atoms with Crippen molar-refractivity contribution in [2.75, 3.05) is 0 Å². The summed E-state index contributed by atoms with van der Waals surface area (Å²) in [5.74, 6) is -1.55. The van der Waals surface area contributed by atoms with Crippen molar-refractivity contribution in [3.8, 4) is 22.6 Å². The molecule has 0 saturated heterocycles. The Morgan fingerprint density at radius 1 is 0.509 bits per heavy atom. The first kappa shape index (κ1) is 44.8. The van der Waals surface area contributed by atoms with E-state index in [1.807, 2.05) is 0 Å². The fourth-order valence-electron chi connectivity index (χ4n) is 5.01. The Balaban J connectivity index is 0.00000252. The molecule has 0 spiro atoms. The number of hydrogen-bond acceptors (Lipinski definition) is 13. The molecule has 254 valence electrons. The van der Waals surface area contributed by atoms with Gasteiger partial charge in [0, 0.05) is 5.39 Å². The molecule has 0 atom stereocenters. The third kappa shape index (κ3) is 9.98. The number of azo groups is 2. The molecule has 2 N–H and O–H groups in total. The van der Waals surface area contributed by atoms with Crippen molar-refractivity contribution < 1.29 is 138 Å².